The maximum absolute atomic E-state index is 9.82. The van der Waals surface area contributed by atoms with Crippen molar-refractivity contribution < 1.29 is 23.8 Å². The fraction of sp³-hybridized carbons (Fsp3) is 0.800. The zero-order chi connectivity index (χ0) is 13.3. The fourth-order valence-corrected chi connectivity index (χ4v) is 0.203. The molecule has 15 heavy (non-hydrogen) atoms. The summed E-state index contributed by atoms with van der Waals surface area (Å²) < 4.78 is 13.9. The zero-order valence-corrected chi connectivity index (χ0v) is 10.5. The summed E-state index contributed by atoms with van der Waals surface area (Å²) in [4.78, 5) is 19.3. The molecule has 0 aliphatic heterocycles. The van der Waals surface area contributed by atoms with Crippen molar-refractivity contribution in [2.24, 2.45) is 0 Å². The molecule has 0 bridgehead atoms. The van der Waals surface area contributed by atoms with Crippen LogP contribution < -0.4 is 0 Å². The van der Waals surface area contributed by atoms with E-state index in [0.717, 1.165) is 0 Å². The van der Waals surface area contributed by atoms with Gasteiger partial charge in [-0.2, -0.15) is 0 Å². The molecule has 0 rings (SSSR count). The first-order valence-electron chi connectivity index (χ1n) is 4.51. The van der Waals surface area contributed by atoms with E-state index in [9.17, 15) is 14.0 Å². The molecule has 0 spiro atoms. The van der Waals surface area contributed by atoms with Crippen molar-refractivity contribution in [1.29, 1.82) is 0 Å². The number of alkyl halides is 1. The molecule has 0 aromatic rings. The molecule has 0 atom stereocenters. The molecule has 94 valence electrons. The van der Waals surface area contributed by atoms with Crippen LogP contribution in [0.15, 0.2) is 0 Å². The van der Waals surface area contributed by atoms with E-state index in [1.165, 1.54) is 20.8 Å². The van der Waals surface area contributed by atoms with Gasteiger partial charge in [-0.3, -0.25) is 9.18 Å². The van der Waals surface area contributed by atoms with Crippen molar-refractivity contribution in [2.45, 2.75) is 34.6 Å². The first kappa shape index (κ1) is 23.7. The van der Waals surface area contributed by atoms with Gasteiger partial charge in [0, 0.05) is 13.5 Å². The molecule has 0 unspecified atom stereocenters. The van der Waals surface area contributed by atoms with E-state index < -0.39 is 0 Å². The van der Waals surface area contributed by atoms with Gasteiger partial charge < -0.3 is 14.6 Å². The molecule has 0 aliphatic carbocycles. The van der Waals surface area contributed by atoms with Crippen LogP contribution in [0.2, 0.25) is 0 Å². The average Bonchev–Trinajstić information content (AvgIpc) is 2.07. The number of Topliss-reactive ketones (excluding diaryl/α,β-unsaturated/α-hetero) is 1. The van der Waals surface area contributed by atoms with Crippen molar-refractivity contribution in [3.8, 4) is 0 Å². The van der Waals surface area contributed by atoms with Gasteiger partial charge in [-0.05, 0) is 27.7 Å². The van der Waals surface area contributed by atoms with Crippen LogP contribution in [-0.4, -0.2) is 37.3 Å². The topological polar surface area (TPSA) is 63.6 Å². The molecule has 0 radical (unpaired) electrons. The second-order valence-corrected chi connectivity index (χ2v) is 2.15. The third-order valence-corrected chi connectivity index (χ3v) is 0.348. The van der Waals surface area contributed by atoms with Crippen LogP contribution >= 0.6 is 0 Å². The lowest BCUT2D eigenvalue weighted by atomic mass is 10.6. The summed E-state index contributed by atoms with van der Waals surface area (Å²) in [7, 11) is 0.500. The summed E-state index contributed by atoms with van der Waals surface area (Å²) in [5.41, 5.74) is 0. The van der Waals surface area contributed by atoms with Gasteiger partial charge in [0.25, 0.3) is 0 Å². The number of ketones is 1. The summed E-state index contributed by atoms with van der Waals surface area (Å²) in [6.45, 7) is 8.64. The lowest BCUT2D eigenvalue weighted by Gasteiger charge is -1.89. The number of aliphatic hydroxyl groups excluding tert-OH is 1. The average molecular weight is 226 g/mol. The van der Waals surface area contributed by atoms with Gasteiger partial charge in [-0.1, -0.05) is 0 Å². The zero-order valence-electron chi connectivity index (χ0n) is 10.5. The molecule has 1 N–H and O–H groups in total. The molecule has 0 amide bonds. The number of aliphatic hydroxyl groups is 1. The Hall–Kier alpha value is -0.970. The van der Waals surface area contributed by atoms with Crippen molar-refractivity contribution in [1.82, 2.24) is 0 Å². The van der Waals surface area contributed by atoms with Crippen LogP contribution in [0.5, 0.6) is 0 Å². The third kappa shape index (κ3) is 385. The van der Waals surface area contributed by atoms with Gasteiger partial charge in [0.05, 0.1) is 13.8 Å². The Kier molecular flexibility index (Phi) is 46.2. The molecule has 4 nitrogen and oxygen atoms in total. The van der Waals surface area contributed by atoms with Crippen molar-refractivity contribution >= 4 is 11.8 Å². The molecule has 0 aliphatic rings. The summed E-state index contributed by atoms with van der Waals surface area (Å²) in [6, 6.07) is 0. The van der Waals surface area contributed by atoms with E-state index in [2.05, 4.69) is 4.74 Å². The summed E-state index contributed by atoms with van der Waals surface area (Å²) >= 11 is 0. The Balaban J connectivity index is -0.0000000590. The summed E-state index contributed by atoms with van der Waals surface area (Å²) in [5.74, 6) is -0.0440. The van der Waals surface area contributed by atoms with Gasteiger partial charge in [0.2, 0.25) is 0 Å². The highest BCUT2D eigenvalue weighted by atomic mass is 19.1. The number of ether oxygens (including phenoxy) is 1. The Morgan fingerprint density at radius 1 is 1.13 bits per heavy atom. The second kappa shape index (κ2) is 29.2. The predicted molar refractivity (Wildman–Crippen MR) is 58.5 cm³/mol. The number of rotatable bonds is 1. The first-order valence-corrected chi connectivity index (χ1v) is 4.51. The van der Waals surface area contributed by atoms with E-state index in [0.29, 0.717) is 13.8 Å². The van der Waals surface area contributed by atoms with Gasteiger partial charge in [0.1, 0.15) is 5.78 Å². The van der Waals surface area contributed by atoms with Crippen molar-refractivity contribution in [2.75, 3.05) is 20.4 Å². The number of carbonyl (C=O) groups is 2. The normalized spacial score (nSPS) is 6.40. The minimum absolute atomic E-state index is 0.167. The van der Waals surface area contributed by atoms with Crippen LogP contribution in [0.3, 0.4) is 0 Å². The number of esters is 1. The Labute approximate surface area is 91.4 Å². The van der Waals surface area contributed by atoms with Crippen LogP contribution in [0, 0.1) is 0 Å². The van der Waals surface area contributed by atoms with E-state index in [1.807, 2.05) is 0 Å². The van der Waals surface area contributed by atoms with Crippen molar-refractivity contribution in [3.05, 3.63) is 0 Å². The van der Waals surface area contributed by atoms with Crippen molar-refractivity contribution in [3.63, 3.8) is 0 Å². The van der Waals surface area contributed by atoms with Crippen LogP contribution in [0.4, 0.5) is 4.39 Å². The smallest absolute Gasteiger partial charge is 0.302 e. The number of hydrogen-bond donors (Lipinski definition) is 1. The Morgan fingerprint density at radius 2 is 1.33 bits per heavy atom. The Bertz CT molecular complexity index is 123. The molecule has 0 heterocycles. The highest BCUT2D eigenvalue weighted by molar-refractivity contribution is 5.72. The van der Waals surface area contributed by atoms with Crippen LogP contribution in [-0.2, 0) is 14.3 Å². The minimum Gasteiger partial charge on any atom is -0.466 e. The molecule has 0 aromatic carbocycles. The number of hydrogen-bond acceptors (Lipinski definition) is 4. The molecule has 0 saturated heterocycles. The van der Waals surface area contributed by atoms with E-state index in [4.69, 9.17) is 5.11 Å². The van der Waals surface area contributed by atoms with E-state index >= 15 is 0 Å². The number of halogens is 1. The van der Waals surface area contributed by atoms with Gasteiger partial charge in [0.15, 0.2) is 0 Å². The monoisotopic (exact) mass is 226 g/mol. The van der Waals surface area contributed by atoms with Crippen LogP contribution in [0.1, 0.15) is 34.6 Å². The lowest BCUT2D eigenvalue weighted by Crippen LogP contribution is -1.95. The van der Waals surface area contributed by atoms with Gasteiger partial charge in [-0.25, -0.2) is 0 Å². The van der Waals surface area contributed by atoms with Gasteiger partial charge >= 0.3 is 5.97 Å². The number of carbonyl (C=O) groups excluding carboxylic acids is 2. The van der Waals surface area contributed by atoms with Crippen LogP contribution in [0.25, 0.3) is 0 Å². The largest absolute Gasteiger partial charge is 0.466 e. The fourth-order valence-electron chi connectivity index (χ4n) is 0.203. The minimum atomic E-state index is -0.211. The first-order chi connectivity index (χ1) is 6.92. The standard InChI is InChI=1S/C4H8O2.C3H6O.C2H6O.CH3F/c1-3-6-4(2)5;1-3(2)4;1-2-3;1-2/h3H2,1-2H3;1-2H3;3H,2H2,1H3;1H3. The Morgan fingerprint density at radius 3 is 1.33 bits per heavy atom. The highest BCUT2D eigenvalue weighted by Gasteiger charge is 1.81. The predicted octanol–water partition coefficient (Wildman–Crippen LogP) is 1.75. The molecular weight excluding hydrogens is 203 g/mol. The maximum atomic E-state index is 9.82. The van der Waals surface area contributed by atoms with E-state index in [-0.39, 0.29) is 18.4 Å². The summed E-state index contributed by atoms with van der Waals surface area (Å²) in [5, 5.41) is 7.57. The SMILES string of the molecule is CC(C)=O.CCO.CCOC(C)=O.CF. The van der Waals surface area contributed by atoms with E-state index in [1.54, 1.807) is 13.8 Å². The maximum Gasteiger partial charge on any atom is 0.302 e. The molecule has 0 aromatic heterocycles. The third-order valence-electron chi connectivity index (χ3n) is 0.348. The summed E-state index contributed by atoms with van der Waals surface area (Å²) in [6.07, 6.45) is 0. The molecule has 0 saturated carbocycles. The molecule has 0 fully saturated rings. The lowest BCUT2D eigenvalue weighted by molar-refractivity contribution is -0.140. The van der Waals surface area contributed by atoms with Gasteiger partial charge in [-0.15, -0.1) is 0 Å². The highest BCUT2D eigenvalue weighted by Crippen LogP contribution is 1.69. The molecular formula is C10H23FO4. The second-order valence-electron chi connectivity index (χ2n) is 2.15. The molecule has 5 heteroatoms. The quantitative estimate of drug-likeness (QED) is 0.692.